The van der Waals surface area contributed by atoms with Gasteiger partial charge >= 0.3 is 6.18 Å². The zero-order valence-electron chi connectivity index (χ0n) is 22.1. The molecular weight excluding hydrogens is 540 g/mol. The van der Waals surface area contributed by atoms with E-state index in [0.717, 1.165) is 17.4 Å². The van der Waals surface area contributed by atoms with Crippen molar-refractivity contribution in [2.45, 2.75) is 45.5 Å². The van der Waals surface area contributed by atoms with Crippen molar-refractivity contribution in [2.24, 2.45) is 10.9 Å². The molecule has 1 aliphatic heterocycles. The number of benzene rings is 2. The summed E-state index contributed by atoms with van der Waals surface area (Å²) in [4.78, 5) is 35.4. The number of carbonyl (C=O) groups excluding carboxylic acids is 1. The van der Waals surface area contributed by atoms with Crippen LogP contribution in [0.3, 0.4) is 0 Å². The lowest BCUT2D eigenvalue weighted by molar-refractivity contribution is -0.147. The van der Waals surface area contributed by atoms with Gasteiger partial charge in [0.2, 0.25) is 5.82 Å². The van der Waals surface area contributed by atoms with Crippen molar-refractivity contribution >= 4 is 22.4 Å². The van der Waals surface area contributed by atoms with Crippen molar-refractivity contribution in [1.29, 1.82) is 0 Å². The zero-order valence-corrected chi connectivity index (χ0v) is 22.1. The molecule has 0 saturated heterocycles. The monoisotopic (exact) mass is 566 g/mol. The molecule has 1 saturated carbocycles. The van der Waals surface area contributed by atoms with E-state index in [9.17, 15) is 27.2 Å². The number of halogens is 4. The fourth-order valence-electron chi connectivity index (χ4n) is 5.21. The fourth-order valence-corrected chi connectivity index (χ4v) is 5.21. The summed E-state index contributed by atoms with van der Waals surface area (Å²) in [5, 5.41) is 7.72. The third kappa shape index (κ3) is 5.25. The maximum absolute atomic E-state index is 15.0. The Morgan fingerprint density at radius 1 is 1.12 bits per heavy atom. The lowest BCUT2D eigenvalue weighted by atomic mass is 10.0. The number of nitrogens with one attached hydrogen (secondary N) is 1. The molecule has 0 radical (unpaired) electrons. The number of aromatic amines is 1. The number of aliphatic imine (C=N–C) groups is 1. The van der Waals surface area contributed by atoms with E-state index in [1.165, 1.54) is 23.1 Å². The molecule has 2 aromatic carbocycles. The van der Waals surface area contributed by atoms with Gasteiger partial charge in [-0.1, -0.05) is 24.3 Å². The summed E-state index contributed by atoms with van der Waals surface area (Å²) >= 11 is 0. The van der Waals surface area contributed by atoms with Crippen LogP contribution in [0.25, 0.3) is 10.8 Å². The number of fused-ring (bicyclic) bond motifs is 2. The third-order valence-electron chi connectivity index (χ3n) is 7.58. The van der Waals surface area contributed by atoms with E-state index in [1.807, 2.05) is 0 Å². The predicted molar refractivity (Wildman–Crippen MR) is 143 cm³/mol. The molecule has 0 spiro atoms. The fraction of sp³-hybridized carbons (Fsp3) is 0.345. The lowest BCUT2D eigenvalue weighted by Gasteiger charge is -2.30. The molecule has 2 aromatic heterocycles. The first kappa shape index (κ1) is 26.9. The van der Waals surface area contributed by atoms with E-state index in [0.29, 0.717) is 40.2 Å². The molecular formula is C29H26F4N6O2. The van der Waals surface area contributed by atoms with Crippen LogP contribution in [0.4, 0.5) is 17.6 Å². The van der Waals surface area contributed by atoms with Gasteiger partial charge in [0, 0.05) is 31.4 Å². The molecule has 2 aliphatic rings. The van der Waals surface area contributed by atoms with Gasteiger partial charge in [-0.15, -0.1) is 0 Å². The lowest BCUT2D eigenvalue weighted by Crippen LogP contribution is -2.40. The minimum absolute atomic E-state index is 0.0429. The molecule has 0 unspecified atom stereocenters. The summed E-state index contributed by atoms with van der Waals surface area (Å²) in [7, 11) is 0. The average Bonchev–Trinajstić information content (AvgIpc) is 3.70. The van der Waals surface area contributed by atoms with Crippen molar-refractivity contribution in [3.05, 3.63) is 92.7 Å². The van der Waals surface area contributed by atoms with E-state index in [2.05, 4.69) is 20.2 Å². The maximum atomic E-state index is 15.0. The highest BCUT2D eigenvalue weighted by molar-refractivity contribution is 5.99. The van der Waals surface area contributed by atoms with Gasteiger partial charge in [0.25, 0.3) is 11.5 Å². The van der Waals surface area contributed by atoms with E-state index in [4.69, 9.17) is 0 Å². The second-order valence-corrected chi connectivity index (χ2v) is 10.5. The number of H-pyrrole nitrogens is 1. The highest BCUT2D eigenvalue weighted by Crippen LogP contribution is 2.34. The minimum atomic E-state index is -4.67. The topological polar surface area (TPSA) is 96.2 Å². The number of imidazole rings is 1. The van der Waals surface area contributed by atoms with Crippen molar-refractivity contribution < 1.29 is 22.4 Å². The van der Waals surface area contributed by atoms with Crippen LogP contribution in [-0.4, -0.2) is 49.4 Å². The molecule has 0 bridgehead atoms. The maximum Gasteiger partial charge on any atom is 0.449 e. The van der Waals surface area contributed by atoms with E-state index >= 15 is 0 Å². The summed E-state index contributed by atoms with van der Waals surface area (Å²) in [6.45, 7) is 1.82. The smallest absolute Gasteiger partial charge is 0.331 e. The first-order valence-electron chi connectivity index (χ1n) is 13.3. The molecule has 12 heteroatoms. The van der Waals surface area contributed by atoms with Gasteiger partial charge in [0.15, 0.2) is 0 Å². The molecule has 6 rings (SSSR count). The van der Waals surface area contributed by atoms with Crippen LogP contribution in [0.1, 0.15) is 58.6 Å². The van der Waals surface area contributed by atoms with Crippen LogP contribution in [0, 0.1) is 11.7 Å². The van der Waals surface area contributed by atoms with E-state index in [-0.39, 0.29) is 48.6 Å². The Labute approximate surface area is 231 Å². The SMILES string of the molecule is CC(=NCC1CC1)c1nc(C(F)(F)F)n2c1CN(C(=O)c1cc(Cc3n[nH]c(=O)c4ccccc34)ccc1F)CC2. The molecule has 0 atom stereocenters. The second-order valence-electron chi connectivity index (χ2n) is 10.5. The predicted octanol–water partition coefficient (Wildman–Crippen LogP) is 4.74. The van der Waals surface area contributed by atoms with Gasteiger partial charge in [0.1, 0.15) is 11.5 Å². The molecule has 3 heterocycles. The number of hydrogen-bond acceptors (Lipinski definition) is 5. The van der Waals surface area contributed by atoms with Crippen molar-refractivity contribution in [3.8, 4) is 0 Å². The Morgan fingerprint density at radius 3 is 2.61 bits per heavy atom. The Hall–Kier alpha value is -4.35. The number of alkyl halides is 3. The summed E-state index contributed by atoms with van der Waals surface area (Å²) in [6.07, 6.45) is -2.35. The molecule has 8 nitrogen and oxygen atoms in total. The number of hydrogen-bond donors (Lipinski definition) is 1. The number of amides is 1. The van der Waals surface area contributed by atoms with Gasteiger partial charge in [-0.2, -0.15) is 18.3 Å². The van der Waals surface area contributed by atoms with Crippen LogP contribution >= 0.6 is 0 Å². The van der Waals surface area contributed by atoms with Gasteiger partial charge in [-0.25, -0.2) is 14.5 Å². The Kier molecular flexibility index (Phi) is 6.71. The number of nitrogens with zero attached hydrogens (tertiary/aromatic N) is 5. The normalized spacial score (nSPS) is 15.8. The number of carbonyl (C=O) groups is 1. The van der Waals surface area contributed by atoms with Crippen LogP contribution in [-0.2, 0) is 25.7 Å². The highest BCUT2D eigenvalue weighted by atomic mass is 19.4. The Bertz CT molecular complexity index is 1750. The summed E-state index contributed by atoms with van der Waals surface area (Å²) in [6, 6.07) is 11.1. The standard InChI is InChI=1S/C29H26F4N6O2/c1-16(34-14-17-6-7-17)25-24-15-38(10-11-39(24)28(35-25)29(31,32)33)27(41)21-12-18(8-9-22(21)30)13-23-19-4-2-3-5-20(19)26(40)37-36-23/h2-5,8-9,12,17H,6-7,10-11,13-15H2,1H3,(H,37,40). The number of aromatic nitrogens is 4. The zero-order chi connectivity index (χ0) is 28.9. The average molecular weight is 567 g/mol. The van der Waals surface area contributed by atoms with E-state index in [1.54, 1.807) is 31.2 Å². The van der Waals surface area contributed by atoms with Crippen molar-refractivity contribution in [3.63, 3.8) is 0 Å². The van der Waals surface area contributed by atoms with Crippen molar-refractivity contribution in [1.82, 2.24) is 24.6 Å². The van der Waals surface area contributed by atoms with Crippen LogP contribution in [0.15, 0.2) is 52.3 Å². The molecule has 1 fully saturated rings. The molecule has 1 amide bonds. The van der Waals surface area contributed by atoms with Crippen LogP contribution < -0.4 is 5.56 Å². The molecule has 4 aromatic rings. The van der Waals surface area contributed by atoms with Crippen molar-refractivity contribution in [2.75, 3.05) is 13.1 Å². The Morgan fingerprint density at radius 2 is 1.88 bits per heavy atom. The summed E-state index contributed by atoms with van der Waals surface area (Å²) < 4.78 is 57.5. The molecule has 1 aliphatic carbocycles. The van der Waals surface area contributed by atoms with Gasteiger partial charge in [-0.05, 0) is 49.4 Å². The summed E-state index contributed by atoms with van der Waals surface area (Å²) in [5.41, 5.74) is 1.35. The first-order valence-corrected chi connectivity index (χ1v) is 13.3. The van der Waals surface area contributed by atoms with Gasteiger partial charge < -0.3 is 9.47 Å². The molecule has 212 valence electrons. The first-order chi connectivity index (χ1) is 19.6. The molecule has 1 N–H and O–H groups in total. The quantitative estimate of drug-likeness (QED) is 0.269. The second kappa shape index (κ2) is 10.2. The third-order valence-corrected chi connectivity index (χ3v) is 7.58. The highest BCUT2D eigenvalue weighted by Gasteiger charge is 2.41. The van der Waals surface area contributed by atoms with E-state index < -0.39 is 23.7 Å². The van der Waals surface area contributed by atoms with Gasteiger partial charge in [0.05, 0.1) is 34.6 Å². The molecule has 41 heavy (non-hydrogen) atoms. The minimum Gasteiger partial charge on any atom is -0.331 e. The Balaban J connectivity index is 1.30. The van der Waals surface area contributed by atoms with Crippen LogP contribution in [0.5, 0.6) is 0 Å². The largest absolute Gasteiger partial charge is 0.449 e. The van der Waals surface area contributed by atoms with Crippen LogP contribution in [0.2, 0.25) is 0 Å². The number of rotatable bonds is 6. The van der Waals surface area contributed by atoms with Gasteiger partial charge in [-0.3, -0.25) is 14.6 Å². The summed E-state index contributed by atoms with van der Waals surface area (Å²) in [5.74, 6) is -1.95.